The minimum atomic E-state index is 0.414. The Balaban J connectivity index is 1.06. The Morgan fingerprint density at radius 1 is 0.609 bits per heavy atom. The van der Waals surface area contributed by atoms with E-state index in [1.165, 1.54) is 76.2 Å². The first-order valence-electron chi connectivity index (χ1n) is 16.9. The topological polar surface area (TPSA) is 0 Å². The Bertz CT molecular complexity index is 2590. The van der Waals surface area contributed by atoms with Crippen molar-refractivity contribution in [3.8, 4) is 11.1 Å². The molecule has 11 rings (SSSR count). The van der Waals surface area contributed by atoms with E-state index < -0.39 is 0 Å². The van der Waals surface area contributed by atoms with Crippen molar-refractivity contribution in [2.45, 2.75) is 18.8 Å². The van der Waals surface area contributed by atoms with Crippen LogP contribution in [0.15, 0.2) is 161 Å². The molecule has 0 N–H and O–H groups in total. The van der Waals surface area contributed by atoms with E-state index in [1.54, 1.807) is 11.1 Å². The smallest absolute Gasteiger partial charge is 0.0211 e. The molecule has 0 spiro atoms. The van der Waals surface area contributed by atoms with Gasteiger partial charge in [0.15, 0.2) is 0 Å². The second-order valence-electron chi connectivity index (χ2n) is 13.9. The van der Waals surface area contributed by atoms with Crippen molar-refractivity contribution in [2.24, 2.45) is 17.8 Å². The van der Waals surface area contributed by atoms with Crippen LogP contribution in [0.3, 0.4) is 0 Å². The second-order valence-corrected chi connectivity index (χ2v) is 13.9. The average molecular weight is 585 g/mol. The fourth-order valence-electron chi connectivity index (χ4n) is 9.54. The lowest BCUT2D eigenvalue weighted by Gasteiger charge is -2.33. The van der Waals surface area contributed by atoms with Crippen molar-refractivity contribution in [3.05, 3.63) is 188 Å². The first kappa shape index (κ1) is 25.0. The van der Waals surface area contributed by atoms with Gasteiger partial charge in [-0.1, -0.05) is 127 Å². The molecule has 0 heterocycles. The van der Waals surface area contributed by atoms with E-state index in [0.29, 0.717) is 23.7 Å². The van der Waals surface area contributed by atoms with Crippen LogP contribution in [0.25, 0.3) is 45.2 Å². The molecule has 0 aliphatic heterocycles. The Kier molecular flexibility index (Phi) is 5.00. The van der Waals surface area contributed by atoms with Crippen LogP contribution in [-0.2, 0) is 0 Å². The van der Waals surface area contributed by atoms with E-state index in [0.717, 1.165) is 12.8 Å². The van der Waals surface area contributed by atoms with Crippen LogP contribution in [0.2, 0.25) is 0 Å². The van der Waals surface area contributed by atoms with Gasteiger partial charge >= 0.3 is 0 Å². The molecule has 4 atom stereocenters. The second kappa shape index (κ2) is 9.18. The summed E-state index contributed by atoms with van der Waals surface area (Å²) in [4.78, 5) is 0. The minimum Gasteiger partial charge on any atom is -0.0836 e. The molecular formula is C46H32. The van der Waals surface area contributed by atoms with Crippen LogP contribution in [0.4, 0.5) is 0 Å². The molecule has 46 heavy (non-hydrogen) atoms. The number of hydrogen-bond acceptors (Lipinski definition) is 0. The largest absolute Gasteiger partial charge is 0.0836 e. The molecule has 4 aromatic carbocycles. The van der Waals surface area contributed by atoms with Crippen LogP contribution in [0.5, 0.6) is 0 Å². The molecule has 4 unspecified atom stereocenters. The Morgan fingerprint density at radius 2 is 1.37 bits per heavy atom. The predicted molar refractivity (Wildman–Crippen MR) is 191 cm³/mol. The third kappa shape index (κ3) is 3.39. The highest BCUT2D eigenvalue weighted by Gasteiger charge is 2.45. The lowest BCUT2D eigenvalue weighted by Crippen LogP contribution is -2.32. The zero-order valence-corrected chi connectivity index (χ0v) is 25.6. The summed E-state index contributed by atoms with van der Waals surface area (Å²) < 4.78 is 0. The quantitative estimate of drug-likeness (QED) is 0.227. The van der Waals surface area contributed by atoms with Gasteiger partial charge in [-0.3, -0.25) is 0 Å². The van der Waals surface area contributed by atoms with Gasteiger partial charge in [0.05, 0.1) is 0 Å². The summed E-state index contributed by atoms with van der Waals surface area (Å²) in [5.41, 5.74) is 14.7. The van der Waals surface area contributed by atoms with Crippen molar-refractivity contribution in [2.75, 3.05) is 0 Å². The summed E-state index contributed by atoms with van der Waals surface area (Å²) in [6, 6.07) is 29.8. The molecule has 0 radical (unpaired) electrons. The molecule has 7 aliphatic rings. The Morgan fingerprint density at radius 3 is 2.17 bits per heavy atom. The maximum absolute atomic E-state index is 2.55. The van der Waals surface area contributed by atoms with E-state index in [-0.39, 0.29) is 0 Å². The first-order chi connectivity index (χ1) is 22.8. The van der Waals surface area contributed by atoms with Crippen LogP contribution in [0.1, 0.15) is 24.3 Å². The Labute approximate surface area is 268 Å². The highest BCUT2D eigenvalue weighted by atomic mass is 14.5. The number of fused-ring (bicyclic) bond motifs is 5. The monoisotopic (exact) mass is 584 g/mol. The number of allylic oxidation sites excluding steroid dienone is 14. The van der Waals surface area contributed by atoms with Crippen molar-refractivity contribution in [3.63, 3.8) is 0 Å². The molecule has 0 aromatic heterocycles. The zero-order valence-electron chi connectivity index (χ0n) is 25.6. The average Bonchev–Trinajstić information content (AvgIpc) is 3.60. The van der Waals surface area contributed by atoms with Gasteiger partial charge in [-0.15, -0.1) is 0 Å². The van der Waals surface area contributed by atoms with Gasteiger partial charge in [0.2, 0.25) is 0 Å². The van der Waals surface area contributed by atoms with Gasteiger partial charge in [0.1, 0.15) is 0 Å². The van der Waals surface area contributed by atoms with Crippen molar-refractivity contribution in [1.82, 2.24) is 0 Å². The first-order valence-corrected chi connectivity index (χ1v) is 16.9. The minimum absolute atomic E-state index is 0.414. The third-order valence-corrected chi connectivity index (χ3v) is 11.7. The summed E-state index contributed by atoms with van der Waals surface area (Å²) >= 11 is 0. The molecule has 7 aliphatic carbocycles. The van der Waals surface area contributed by atoms with E-state index in [2.05, 4.69) is 146 Å². The van der Waals surface area contributed by atoms with Gasteiger partial charge in [-0.25, -0.2) is 0 Å². The molecule has 0 amide bonds. The predicted octanol–water partition coefficient (Wildman–Crippen LogP) is 7.62. The molecule has 0 saturated heterocycles. The molecule has 0 nitrogen and oxygen atoms in total. The van der Waals surface area contributed by atoms with Crippen LogP contribution in [-0.4, -0.2) is 0 Å². The summed E-state index contributed by atoms with van der Waals surface area (Å²) in [5.74, 6) is 1.73. The number of rotatable bonds is 2. The summed E-state index contributed by atoms with van der Waals surface area (Å²) in [7, 11) is 0. The van der Waals surface area contributed by atoms with Crippen molar-refractivity contribution >= 4 is 34.1 Å². The SMILES string of the molecule is C1=CCC(c2cccc(-c3cccc4c3=CC3=CC5=C6C=CC7=c8cc9ccccc9cc8=C8C=CC(=C5CC3C=4)C6C78)c2)C=C1. The summed E-state index contributed by atoms with van der Waals surface area (Å²) in [6.07, 6.45) is 28.6. The highest BCUT2D eigenvalue weighted by Crippen LogP contribution is 2.57. The van der Waals surface area contributed by atoms with E-state index in [9.17, 15) is 0 Å². The van der Waals surface area contributed by atoms with Gasteiger partial charge in [0.25, 0.3) is 0 Å². The van der Waals surface area contributed by atoms with Gasteiger partial charge in [-0.05, 0) is 118 Å². The molecule has 0 heteroatoms. The lowest BCUT2D eigenvalue weighted by atomic mass is 9.70. The van der Waals surface area contributed by atoms with Crippen molar-refractivity contribution < 1.29 is 0 Å². The van der Waals surface area contributed by atoms with Crippen LogP contribution in [0, 0.1) is 17.8 Å². The number of hydrogen-bond donors (Lipinski definition) is 0. The highest BCUT2D eigenvalue weighted by molar-refractivity contribution is 5.92. The molecule has 0 saturated carbocycles. The molecule has 216 valence electrons. The molecule has 4 aromatic rings. The Hall–Kier alpha value is -5.20. The third-order valence-electron chi connectivity index (χ3n) is 11.7. The summed E-state index contributed by atoms with van der Waals surface area (Å²) in [6.45, 7) is 0. The van der Waals surface area contributed by atoms with Crippen LogP contribution >= 0.6 is 0 Å². The summed E-state index contributed by atoms with van der Waals surface area (Å²) in [5, 5.41) is 8.26. The maximum atomic E-state index is 2.55. The molecule has 0 bridgehead atoms. The zero-order chi connectivity index (χ0) is 29.9. The van der Waals surface area contributed by atoms with Gasteiger partial charge < -0.3 is 0 Å². The molecule has 0 fully saturated rings. The fourth-order valence-corrected chi connectivity index (χ4v) is 9.54. The normalized spacial score (nSPS) is 25.5. The standard InChI is InChI=1S/C46H32/c1-2-8-27(9-3-1)28-12-6-13-31(20-28)35-15-7-14-32-21-33-25-43-38-18-16-36-41-22-29-10-4-5-11-30(29)23-42(41)37-17-19-39(46(38)45(36)37)44(43)26-34(33)24-40(32)35/h1-8,10-24,26-27,33,45-46H,9,25H2. The fraction of sp³-hybridized carbons (Fsp3) is 0.130. The maximum Gasteiger partial charge on any atom is 0.0211 e. The molecular weight excluding hydrogens is 553 g/mol. The lowest BCUT2D eigenvalue weighted by molar-refractivity contribution is 0.652. The van der Waals surface area contributed by atoms with E-state index in [4.69, 9.17) is 0 Å². The van der Waals surface area contributed by atoms with Crippen LogP contribution < -0.4 is 20.9 Å². The number of benzene rings is 4. The van der Waals surface area contributed by atoms with E-state index in [1.807, 2.05) is 0 Å². The van der Waals surface area contributed by atoms with Gasteiger partial charge in [-0.2, -0.15) is 0 Å². The van der Waals surface area contributed by atoms with Gasteiger partial charge in [0, 0.05) is 23.7 Å². The van der Waals surface area contributed by atoms with E-state index >= 15 is 0 Å². The van der Waals surface area contributed by atoms with Crippen molar-refractivity contribution in [1.29, 1.82) is 0 Å².